The molecule has 1 amide bonds. The fourth-order valence-corrected chi connectivity index (χ4v) is 2.27. The summed E-state index contributed by atoms with van der Waals surface area (Å²) in [4.78, 5) is 16.5. The summed E-state index contributed by atoms with van der Waals surface area (Å²) in [5.41, 5.74) is 0.768. The van der Waals surface area contributed by atoms with Gasteiger partial charge in [0.05, 0.1) is 0 Å². The second-order valence-corrected chi connectivity index (χ2v) is 5.50. The van der Waals surface area contributed by atoms with Gasteiger partial charge in [0.2, 0.25) is 0 Å². The van der Waals surface area contributed by atoms with Crippen molar-refractivity contribution in [2.75, 3.05) is 26.7 Å². The lowest BCUT2D eigenvalue weighted by Crippen LogP contribution is -2.52. The van der Waals surface area contributed by atoms with Crippen molar-refractivity contribution in [1.82, 2.24) is 9.80 Å². The molecule has 92 valence electrons. The monoisotopic (exact) mass is 296 g/mol. The third-order valence-corrected chi connectivity index (χ3v) is 3.87. The minimum Gasteiger partial charge on any atom is -0.336 e. The predicted octanol–water partition coefficient (Wildman–Crippen LogP) is 2.23. The molecule has 1 unspecified atom stereocenters. The molecule has 0 aliphatic carbocycles. The van der Waals surface area contributed by atoms with Gasteiger partial charge >= 0.3 is 0 Å². The summed E-state index contributed by atoms with van der Waals surface area (Å²) in [5.74, 6) is 0.137. The van der Waals surface area contributed by atoms with E-state index >= 15 is 0 Å². The van der Waals surface area contributed by atoms with Crippen LogP contribution in [-0.4, -0.2) is 48.4 Å². The second kappa shape index (κ2) is 5.19. The molecule has 0 N–H and O–H groups in total. The molecule has 1 aromatic carbocycles. The van der Waals surface area contributed by atoms with Crippen LogP contribution < -0.4 is 0 Å². The number of rotatable bonds is 1. The van der Waals surface area contributed by atoms with Gasteiger partial charge in [-0.25, -0.2) is 0 Å². The first-order chi connectivity index (χ1) is 8.08. The van der Waals surface area contributed by atoms with Crippen molar-refractivity contribution in [1.29, 1.82) is 0 Å². The van der Waals surface area contributed by atoms with Crippen LogP contribution in [-0.2, 0) is 0 Å². The van der Waals surface area contributed by atoms with E-state index < -0.39 is 0 Å². The Morgan fingerprint density at radius 3 is 2.53 bits per heavy atom. The Kier molecular flexibility index (Phi) is 3.84. The van der Waals surface area contributed by atoms with Crippen LogP contribution in [0.1, 0.15) is 17.3 Å². The van der Waals surface area contributed by atoms with Crippen molar-refractivity contribution < 1.29 is 4.79 Å². The normalized spacial score (nSPS) is 21.6. The predicted molar refractivity (Wildman–Crippen MR) is 72.1 cm³/mol. The van der Waals surface area contributed by atoms with Crippen molar-refractivity contribution in [3.63, 3.8) is 0 Å². The van der Waals surface area contributed by atoms with E-state index in [2.05, 4.69) is 34.8 Å². The van der Waals surface area contributed by atoms with Gasteiger partial charge < -0.3 is 9.80 Å². The number of benzene rings is 1. The van der Waals surface area contributed by atoms with Gasteiger partial charge in [-0.3, -0.25) is 4.79 Å². The molecule has 1 atom stereocenters. The van der Waals surface area contributed by atoms with Crippen LogP contribution >= 0.6 is 15.9 Å². The molecule has 1 fully saturated rings. The van der Waals surface area contributed by atoms with Gasteiger partial charge in [0.25, 0.3) is 5.91 Å². The van der Waals surface area contributed by atoms with E-state index in [4.69, 9.17) is 0 Å². The zero-order valence-corrected chi connectivity index (χ0v) is 11.8. The summed E-state index contributed by atoms with van der Waals surface area (Å²) >= 11 is 3.38. The number of likely N-dealkylation sites (N-methyl/N-ethyl adjacent to an activating group) is 1. The minimum absolute atomic E-state index is 0.137. The van der Waals surface area contributed by atoms with Crippen molar-refractivity contribution in [2.24, 2.45) is 0 Å². The van der Waals surface area contributed by atoms with Crippen LogP contribution in [0.4, 0.5) is 0 Å². The Morgan fingerprint density at radius 1 is 1.29 bits per heavy atom. The lowest BCUT2D eigenvalue weighted by Gasteiger charge is -2.37. The van der Waals surface area contributed by atoms with Crippen molar-refractivity contribution in [3.8, 4) is 0 Å². The van der Waals surface area contributed by atoms with Gasteiger partial charge in [0.15, 0.2) is 0 Å². The quantitative estimate of drug-likeness (QED) is 0.793. The number of hydrogen-bond acceptors (Lipinski definition) is 2. The van der Waals surface area contributed by atoms with Crippen LogP contribution in [0.5, 0.6) is 0 Å². The zero-order chi connectivity index (χ0) is 12.4. The highest BCUT2D eigenvalue weighted by molar-refractivity contribution is 9.10. The third kappa shape index (κ3) is 2.87. The maximum Gasteiger partial charge on any atom is 0.253 e. The lowest BCUT2D eigenvalue weighted by molar-refractivity contribution is 0.0572. The molecule has 1 saturated heterocycles. The number of nitrogens with zero attached hydrogens (tertiary/aromatic N) is 2. The van der Waals surface area contributed by atoms with Gasteiger partial charge in [-0.1, -0.05) is 15.9 Å². The Labute approximate surface area is 111 Å². The molecule has 17 heavy (non-hydrogen) atoms. The molecule has 0 radical (unpaired) electrons. The molecule has 1 heterocycles. The molecule has 3 nitrogen and oxygen atoms in total. The molecule has 1 aliphatic heterocycles. The van der Waals surface area contributed by atoms with Gasteiger partial charge in [-0.2, -0.15) is 0 Å². The van der Waals surface area contributed by atoms with Gasteiger partial charge in [-0.15, -0.1) is 0 Å². The Morgan fingerprint density at radius 2 is 1.94 bits per heavy atom. The number of amides is 1. The SMILES string of the molecule is CC1CN(C(=O)c2ccc(Br)cc2)CCN1C. The first kappa shape index (κ1) is 12.6. The number of carbonyl (C=O) groups excluding carboxylic acids is 1. The lowest BCUT2D eigenvalue weighted by atomic mass is 10.1. The topological polar surface area (TPSA) is 23.6 Å². The van der Waals surface area contributed by atoms with Gasteiger partial charge in [0.1, 0.15) is 0 Å². The molecule has 1 aliphatic rings. The number of carbonyl (C=O) groups is 1. The summed E-state index contributed by atoms with van der Waals surface area (Å²) < 4.78 is 1.00. The van der Waals surface area contributed by atoms with E-state index in [1.807, 2.05) is 29.2 Å². The maximum atomic E-state index is 12.3. The second-order valence-electron chi connectivity index (χ2n) is 4.59. The zero-order valence-electron chi connectivity index (χ0n) is 10.2. The molecule has 2 rings (SSSR count). The summed E-state index contributed by atoms with van der Waals surface area (Å²) in [6, 6.07) is 7.99. The highest BCUT2D eigenvalue weighted by Crippen LogP contribution is 2.14. The number of hydrogen-bond donors (Lipinski definition) is 0. The van der Waals surface area contributed by atoms with Crippen molar-refractivity contribution in [2.45, 2.75) is 13.0 Å². The molecular weight excluding hydrogens is 280 g/mol. The number of piperazine rings is 1. The molecule has 0 saturated carbocycles. The van der Waals surface area contributed by atoms with Crippen LogP contribution in [0.25, 0.3) is 0 Å². The highest BCUT2D eigenvalue weighted by Gasteiger charge is 2.24. The van der Waals surface area contributed by atoms with E-state index in [1.54, 1.807) is 0 Å². The van der Waals surface area contributed by atoms with Crippen molar-refractivity contribution >= 4 is 21.8 Å². The Hall–Kier alpha value is -0.870. The summed E-state index contributed by atoms with van der Waals surface area (Å²) in [6.07, 6.45) is 0. The summed E-state index contributed by atoms with van der Waals surface area (Å²) in [7, 11) is 2.10. The van der Waals surface area contributed by atoms with E-state index in [9.17, 15) is 4.79 Å². The summed E-state index contributed by atoms with van der Waals surface area (Å²) in [5, 5.41) is 0. The molecular formula is C13H17BrN2O. The average molecular weight is 297 g/mol. The fourth-order valence-electron chi connectivity index (χ4n) is 2.01. The van der Waals surface area contributed by atoms with Crippen LogP contribution in [0.15, 0.2) is 28.7 Å². The molecule has 0 aromatic heterocycles. The maximum absolute atomic E-state index is 12.3. The van der Waals surface area contributed by atoms with Crippen LogP contribution in [0.2, 0.25) is 0 Å². The standard InChI is InChI=1S/C13H17BrN2O/c1-10-9-16(8-7-15(10)2)13(17)11-3-5-12(14)6-4-11/h3-6,10H,7-9H2,1-2H3. The number of halogens is 1. The molecule has 0 spiro atoms. The highest BCUT2D eigenvalue weighted by atomic mass is 79.9. The van der Waals surface area contributed by atoms with E-state index in [-0.39, 0.29) is 5.91 Å². The largest absolute Gasteiger partial charge is 0.336 e. The minimum atomic E-state index is 0.137. The van der Waals surface area contributed by atoms with E-state index in [0.717, 1.165) is 29.7 Å². The summed E-state index contributed by atoms with van der Waals surface area (Å²) in [6.45, 7) is 4.73. The van der Waals surface area contributed by atoms with Gasteiger partial charge in [0, 0.05) is 35.7 Å². The third-order valence-electron chi connectivity index (χ3n) is 3.34. The smallest absolute Gasteiger partial charge is 0.253 e. The Balaban J connectivity index is 2.08. The fraction of sp³-hybridized carbons (Fsp3) is 0.462. The van der Waals surface area contributed by atoms with Gasteiger partial charge in [-0.05, 0) is 38.2 Å². The molecule has 1 aromatic rings. The average Bonchev–Trinajstić information content (AvgIpc) is 2.33. The van der Waals surface area contributed by atoms with Crippen LogP contribution in [0, 0.1) is 0 Å². The molecule has 4 heteroatoms. The van der Waals surface area contributed by atoms with E-state index in [0.29, 0.717) is 6.04 Å². The van der Waals surface area contributed by atoms with Crippen molar-refractivity contribution in [3.05, 3.63) is 34.3 Å². The molecule has 0 bridgehead atoms. The Bertz CT molecular complexity index is 404. The van der Waals surface area contributed by atoms with Crippen LogP contribution in [0.3, 0.4) is 0 Å². The first-order valence-electron chi connectivity index (χ1n) is 5.83. The van der Waals surface area contributed by atoms with E-state index in [1.165, 1.54) is 0 Å². The first-order valence-corrected chi connectivity index (χ1v) is 6.62.